The van der Waals surface area contributed by atoms with Crippen LogP contribution in [-0.2, 0) is 6.54 Å². The summed E-state index contributed by atoms with van der Waals surface area (Å²) in [7, 11) is 1.67. The highest BCUT2D eigenvalue weighted by atomic mass is 32.1. The second-order valence-corrected chi connectivity index (χ2v) is 4.95. The quantitative estimate of drug-likeness (QED) is 0.784. The molecule has 3 nitrogen and oxygen atoms in total. The molecule has 0 bridgehead atoms. The first-order chi connectivity index (χ1) is 6.57. The number of nitrogens with one attached hydrogen (secondary N) is 1. The molecule has 0 aromatic carbocycles. The Bertz CT molecular complexity index is 283. The number of ether oxygens (including phenoxy) is 1. The van der Waals surface area contributed by atoms with Crippen LogP contribution in [-0.4, -0.2) is 24.4 Å². The second kappa shape index (κ2) is 4.77. The van der Waals surface area contributed by atoms with Crippen LogP contribution in [0.5, 0.6) is 5.06 Å². The second-order valence-electron chi connectivity index (χ2n) is 3.82. The van der Waals surface area contributed by atoms with Crippen LogP contribution >= 0.6 is 11.3 Å². The molecular formula is C10H17NO2S. The van der Waals surface area contributed by atoms with Crippen LogP contribution in [0, 0.1) is 0 Å². The number of aliphatic hydroxyl groups is 1. The van der Waals surface area contributed by atoms with Crippen molar-refractivity contribution in [1.82, 2.24) is 5.32 Å². The van der Waals surface area contributed by atoms with Crippen LogP contribution in [0.25, 0.3) is 0 Å². The molecule has 0 unspecified atom stereocenters. The number of methoxy groups -OCH3 is 1. The lowest BCUT2D eigenvalue weighted by atomic mass is 10.1. The molecule has 80 valence electrons. The van der Waals surface area contributed by atoms with Gasteiger partial charge in [-0.3, -0.25) is 0 Å². The lowest BCUT2D eigenvalue weighted by Crippen LogP contribution is -2.41. The Labute approximate surface area is 88.7 Å². The molecule has 1 rings (SSSR count). The normalized spacial score (nSPS) is 11.7. The van der Waals surface area contributed by atoms with E-state index in [9.17, 15) is 0 Å². The molecule has 1 heterocycles. The summed E-state index contributed by atoms with van der Waals surface area (Å²) in [4.78, 5) is 1.21. The summed E-state index contributed by atoms with van der Waals surface area (Å²) in [6.07, 6.45) is 0. The van der Waals surface area contributed by atoms with E-state index >= 15 is 0 Å². The molecule has 0 atom stereocenters. The molecule has 14 heavy (non-hydrogen) atoms. The first-order valence-electron chi connectivity index (χ1n) is 4.56. The zero-order valence-electron chi connectivity index (χ0n) is 8.83. The number of hydrogen-bond donors (Lipinski definition) is 2. The summed E-state index contributed by atoms with van der Waals surface area (Å²) in [5.41, 5.74) is -0.225. The van der Waals surface area contributed by atoms with E-state index in [-0.39, 0.29) is 12.1 Å². The Hall–Kier alpha value is -0.580. The monoisotopic (exact) mass is 215 g/mol. The lowest BCUT2D eigenvalue weighted by Gasteiger charge is -2.22. The van der Waals surface area contributed by atoms with E-state index in [0.29, 0.717) is 0 Å². The summed E-state index contributed by atoms with van der Waals surface area (Å²) in [5.74, 6) is 0. The van der Waals surface area contributed by atoms with Gasteiger partial charge in [0.2, 0.25) is 0 Å². The first-order valence-corrected chi connectivity index (χ1v) is 5.37. The predicted octanol–water partition coefficient (Wildman–Crippen LogP) is 1.62. The highest BCUT2D eigenvalue weighted by molar-refractivity contribution is 7.13. The molecule has 0 saturated carbocycles. The van der Waals surface area contributed by atoms with E-state index in [1.54, 1.807) is 18.4 Å². The third-order valence-electron chi connectivity index (χ3n) is 1.97. The van der Waals surface area contributed by atoms with Crippen molar-refractivity contribution in [2.24, 2.45) is 0 Å². The van der Waals surface area contributed by atoms with Crippen molar-refractivity contribution in [3.63, 3.8) is 0 Å². The van der Waals surface area contributed by atoms with Crippen LogP contribution in [0.15, 0.2) is 12.1 Å². The summed E-state index contributed by atoms with van der Waals surface area (Å²) in [6.45, 7) is 4.84. The molecule has 4 heteroatoms. The van der Waals surface area contributed by atoms with Crippen molar-refractivity contribution in [3.8, 4) is 5.06 Å². The topological polar surface area (TPSA) is 41.5 Å². The number of hydrogen-bond acceptors (Lipinski definition) is 4. The van der Waals surface area contributed by atoms with Crippen molar-refractivity contribution >= 4 is 11.3 Å². The molecule has 0 spiro atoms. The Morgan fingerprint density at radius 2 is 2.21 bits per heavy atom. The fourth-order valence-electron chi connectivity index (χ4n) is 0.945. The van der Waals surface area contributed by atoms with E-state index in [1.165, 1.54) is 4.88 Å². The summed E-state index contributed by atoms with van der Waals surface area (Å²) in [5, 5.41) is 13.2. The predicted molar refractivity (Wildman–Crippen MR) is 58.9 cm³/mol. The molecule has 0 saturated heterocycles. The molecule has 0 fully saturated rings. The zero-order chi connectivity index (χ0) is 10.6. The number of rotatable bonds is 5. The summed E-state index contributed by atoms with van der Waals surface area (Å²) >= 11 is 1.62. The van der Waals surface area contributed by atoms with E-state index in [4.69, 9.17) is 9.84 Å². The highest BCUT2D eigenvalue weighted by Crippen LogP contribution is 2.23. The van der Waals surface area contributed by atoms with Crippen LogP contribution in [0.2, 0.25) is 0 Å². The van der Waals surface area contributed by atoms with Crippen LogP contribution < -0.4 is 10.1 Å². The maximum Gasteiger partial charge on any atom is 0.173 e. The maximum atomic E-state index is 9.04. The first kappa shape index (κ1) is 11.5. The van der Waals surface area contributed by atoms with Gasteiger partial charge in [0.05, 0.1) is 13.7 Å². The Morgan fingerprint density at radius 1 is 1.50 bits per heavy atom. The van der Waals surface area contributed by atoms with E-state index in [1.807, 2.05) is 26.0 Å². The third-order valence-corrected chi connectivity index (χ3v) is 3.02. The van der Waals surface area contributed by atoms with Crippen LogP contribution in [0.1, 0.15) is 18.7 Å². The molecule has 0 aliphatic carbocycles. The average molecular weight is 215 g/mol. The minimum absolute atomic E-state index is 0.134. The van der Waals surface area contributed by atoms with Gasteiger partial charge >= 0.3 is 0 Å². The zero-order valence-corrected chi connectivity index (χ0v) is 9.65. The molecule has 2 N–H and O–H groups in total. The molecule has 1 aromatic rings. The summed E-state index contributed by atoms with van der Waals surface area (Å²) in [6, 6.07) is 3.98. The van der Waals surface area contributed by atoms with Crippen molar-refractivity contribution in [2.45, 2.75) is 25.9 Å². The van der Waals surface area contributed by atoms with Gasteiger partial charge in [0.25, 0.3) is 0 Å². The van der Waals surface area contributed by atoms with Gasteiger partial charge in [-0.2, -0.15) is 0 Å². The Balaban J connectivity index is 2.45. The largest absolute Gasteiger partial charge is 0.487 e. The minimum Gasteiger partial charge on any atom is -0.487 e. The smallest absolute Gasteiger partial charge is 0.173 e. The molecule has 0 amide bonds. The third kappa shape index (κ3) is 3.29. The van der Waals surface area contributed by atoms with Gasteiger partial charge in [0, 0.05) is 17.0 Å². The van der Waals surface area contributed by atoms with Crippen LogP contribution in [0.3, 0.4) is 0 Å². The van der Waals surface area contributed by atoms with E-state index in [2.05, 4.69) is 5.32 Å². The molecular weight excluding hydrogens is 198 g/mol. The standard InChI is InChI=1S/C10H17NO2S/c1-10(2,7-12)11-6-8-4-5-9(13-3)14-8/h4-5,11-12H,6-7H2,1-3H3. The lowest BCUT2D eigenvalue weighted by molar-refractivity contribution is 0.187. The molecule has 1 aromatic heterocycles. The van der Waals surface area contributed by atoms with Gasteiger partial charge < -0.3 is 15.2 Å². The van der Waals surface area contributed by atoms with Crippen molar-refractivity contribution < 1.29 is 9.84 Å². The SMILES string of the molecule is COc1ccc(CNC(C)(C)CO)s1. The number of aliphatic hydroxyl groups excluding tert-OH is 1. The molecule has 0 aliphatic heterocycles. The van der Waals surface area contributed by atoms with Crippen LogP contribution in [0.4, 0.5) is 0 Å². The van der Waals surface area contributed by atoms with Crippen molar-refractivity contribution in [1.29, 1.82) is 0 Å². The van der Waals surface area contributed by atoms with Gasteiger partial charge in [0.15, 0.2) is 5.06 Å². The minimum atomic E-state index is -0.225. The van der Waals surface area contributed by atoms with Crippen molar-refractivity contribution in [2.75, 3.05) is 13.7 Å². The van der Waals surface area contributed by atoms with Gasteiger partial charge in [-0.1, -0.05) is 0 Å². The van der Waals surface area contributed by atoms with E-state index < -0.39 is 0 Å². The van der Waals surface area contributed by atoms with Gasteiger partial charge in [-0.05, 0) is 26.0 Å². The fraction of sp³-hybridized carbons (Fsp3) is 0.600. The summed E-state index contributed by atoms with van der Waals surface area (Å²) < 4.78 is 5.09. The van der Waals surface area contributed by atoms with E-state index in [0.717, 1.165) is 11.6 Å². The van der Waals surface area contributed by atoms with Crippen molar-refractivity contribution in [3.05, 3.63) is 17.0 Å². The maximum absolute atomic E-state index is 9.04. The fourth-order valence-corrected chi connectivity index (χ4v) is 1.70. The molecule has 0 radical (unpaired) electrons. The number of thiophene rings is 1. The average Bonchev–Trinajstić information content (AvgIpc) is 2.63. The Morgan fingerprint density at radius 3 is 2.71 bits per heavy atom. The molecule has 0 aliphatic rings. The Kier molecular flexibility index (Phi) is 3.92. The highest BCUT2D eigenvalue weighted by Gasteiger charge is 2.15. The van der Waals surface area contributed by atoms with Gasteiger partial charge in [-0.25, -0.2) is 0 Å². The van der Waals surface area contributed by atoms with Gasteiger partial charge in [-0.15, -0.1) is 11.3 Å². The van der Waals surface area contributed by atoms with Gasteiger partial charge in [0.1, 0.15) is 0 Å².